The molecule has 4 nitrogen and oxygen atoms in total. The van der Waals surface area contributed by atoms with Gasteiger partial charge in [0.25, 0.3) is 0 Å². The van der Waals surface area contributed by atoms with Crippen LogP contribution in [-0.2, 0) is 11.2 Å². The molecule has 0 unspecified atom stereocenters. The number of carbonyl (C=O) groups is 1. The molecule has 0 fully saturated rings. The van der Waals surface area contributed by atoms with Gasteiger partial charge in [-0.3, -0.25) is 5.10 Å². The molecule has 0 spiro atoms. The summed E-state index contributed by atoms with van der Waals surface area (Å²) in [6, 6.07) is 7.64. The Bertz CT molecular complexity index is 480. The molecule has 88 valence electrons. The topological polar surface area (TPSA) is 55.0 Å². The fourth-order valence-corrected chi connectivity index (χ4v) is 1.36. The van der Waals surface area contributed by atoms with E-state index in [1.807, 2.05) is 0 Å². The number of aromatic amines is 1. The lowest BCUT2D eigenvalue weighted by atomic mass is 10.2. The van der Waals surface area contributed by atoms with Crippen molar-refractivity contribution in [3.05, 3.63) is 53.6 Å². The number of benzene rings is 1. The summed E-state index contributed by atoms with van der Waals surface area (Å²) in [5.41, 5.74) is 1.24. The maximum atomic E-state index is 12.6. The number of hydrogen-bond donors (Lipinski definition) is 1. The van der Waals surface area contributed by atoms with E-state index < -0.39 is 5.97 Å². The van der Waals surface area contributed by atoms with E-state index in [4.69, 9.17) is 4.74 Å². The number of ether oxygens (including phenoxy) is 1. The minimum atomic E-state index is -0.440. The van der Waals surface area contributed by atoms with Gasteiger partial charge in [-0.15, -0.1) is 0 Å². The minimum absolute atomic E-state index is 0.253. The Morgan fingerprint density at radius 2 is 2.06 bits per heavy atom. The van der Waals surface area contributed by atoms with Gasteiger partial charge in [-0.1, -0.05) is 12.1 Å². The van der Waals surface area contributed by atoms with Crippen molar-refractivity contribution in [2.24, 2.45) is 0 Å². The monoisotopic (exact) mass is 234 g/mol. The average Bonchev–Trinajstić information content (AvgIpc) is 2.85. The van der Waals surface area contributed by atoms with Gasteiger partial charge in [0.05, 0.1) is 6.61 Å². The van der Waals surface area contributed by atoms with Gasteiger partial charge < -0.3 is 4.74 Å². The van der Waals surface area contributed by atoms with Crippen molar-refractivity contribution in [1.82, 2.24) is 10.2 Å². The lowest BCUT2D eigenvalue weighted by Crippen LogP contribution is -2.08. The number of esters is 1. The van der Waals surface area contributed by atoms with Gasteiger partial charge in [-0.25, -0.2) is 9.18 Å². The zero-order valence-electron chi connectivity index (χ0n) is 9.02. The molecule has 0 radical (unpaired) electrons. The normalized spacial score (nSPS) is 10.2. The second kappa shape index (κ2) is 5.25. The molecule has 1 N–H and O–H groups in total. The highest BCUT2D eigenvalue weighted by atomic mass is 19.1. The third-order valence-corrected chi connectivity index (χ3v) is 2.26. The van der Waals surface area contributed by atoms with E-state index in [0.29, 0.717) is 12.1 Å². The second-order valence-corrected chi connectivity index (χ2v) is 3.48. The third-order valence-electron chi connectivity index (χ3n) is 2.26. The predicted octanol–water partition coefficient (Wildman–Crippen LogP) is 1.95. The van der Waals surface area contributed by atoms with Gasteiger partial charge in [0.1, 0.15) is 11.5 Å². The van der Waals surface area contributed by atoms with Crippen LogP contribution in [0.5, 0.6) is 0 Å². The Kier molecular flexibility index (Phi) is 3.49. The lowest BCUT2D eigenvalue weighted by Gasteiger charge is -2.03. The Morgan fingerprint density at radius 3 is 2.71 bits per heavy atom. The molecule has 0 amide bonds. The summed E-state index contributed by atoms with van der Waals surface area (Å²) in [7, 11) is 0. The highest BCUT2D eigenvalue weighted by molar-refractivity contribution is 5.86. The first-order valence-electron chi connectivity index (χ1n) is 5.16. The van der Waals surface area contributed by atoms with E-state index in [9.17, 15) is 9.18 Å². The summed E-state index contributed by atoms with van der Waals surface area (Å²) in [6.45, 7) is 0.253. The molecule has 0 aliphatic heterocycles. The molecule has 2 aromatic rings. The summed E-state index contributed by atoms with van der Waals surface area (Å²) in [6.07, 6.45) is 2.04. The van der Waals surface area contributed by atoms with Gasteiger partial charge >= 0.3 is 5.97 Å². The maximum absolute atomic E-state index is 12.6. The Balaban J connectivity index is 1.80. The number of nitrogens with zero attached hydrogens (tertiary/aromatic N) is 1. The van der Waals surface area contributed by atoms with E-state index in [2.05, 4.69) is 10.2 Å². The fourth-order valence-electron chi connectivity index (χ4n) is 1.36. The number of halogens is 1. The van der Waals surface area contributed by atoms with E-state index in [-0.39, 0.29) is 12.4 Å². The van der Waals surface area contributed by atoms with Crippen LogP contribution in [0.1, 0.15) is 16.1 Å². The van der Waals surface area contributed by atoms with Gasteiger partial charge in [0, 0.05) is 12.6 Å². The number of rotatable bonds is 4. The van der Waals surface area contributed by atoms with Crippen molar-refractivity contribution in [2.45, 2.75) is 6.42 Å². The molecule has 1 aromatic heterocycles. The van der Waals surface area contributed by atoms with Crippen LogP contribution in [0, 0.1) is 5.82 Å². The molecule has 1 aromatic carbocycles. The Labute approximate surface area is 97.4 Å². The molecule has 0 saturated carbocycles. The van der Waals surface area contributed by atoms with Gasteiger partial charge in [0.15, 0.2) is 0 Å². The van der Waals surface area contributed by atoms with E-state index in [1.54, 1.807) is 18.2 Å². The molecular formula is C12H11FN2O2. The van der Waals surface area contributed by atoms with Gasteiger partial charge in [-0.05, 0) is 23.8 Å². The van der Waals surface area contributed by atoms with Crippen molar-refractivity contribution in [2.75, 3.05) is 6.61 Å². The van der Waals surface area contributed by atoms with E-state index >= 15 is 0 Å². The molecule has 5 heteroatoms. The quantitative estimate of drug-likeness (QED) is 0.822. The third kappa shape index (κ3) is 3.14. The summed E-state index contributed by atoms with van der Waals surface area (Å²) >= 11 is 0. The Morgan fingerprint density at radius 1 is 1.29 bits per heavy atom. The van der Waals surface area contributed by atoms with Gasteiger partial charge in [0.2, 0.25) is 0 Å². The molecule has 0 atom stereocenters. The summed E-state index contributed by atoms with van der Waals surface area (Å²) in [4.78, 5) is 11.4. The van der Waals surface area contributed by atoms with Crippen LogP contribution in [-0.4, -0.2) is 22.8 Å². The van der Waals surface area contributed by atoms with Crippen molar-refractivity contribution in [3.8, 4) is 0 Å². The molecule has 2 rings (SSSR count). The standard InChI is InChI=1S/C12H11FN2O2/c13-10-3-1-9(2-4-10)6-8-17-12(16)11-5-7-14-15-11/h1-5,7H,6,8H2,(H,14,15). The molecule has 0 aliphatic carbocycles. The molecule has 0 aliphatic rings. The highest BCUT2D eigenvalue weighted by Crippen LogP contribution is 2.04. The van der Waals surface area contributed by atoms with Gasteiger partial charge in [-0.2, -0.15) is 5.10 Å². The van der Waals surface area contributed by atoms with Crippen molar-refractivity contribution >= 4 is 5.97 Å². The van der Waals surface area contributed by atoms with Crippen LogP contribution in [0.15, 0.2) is 36.5 Å². The molecule has 0 bridgehead atoms. The number of carbonyl (C=O) groups excluding carboxylic acids is 1. The number of aromatic nitrogens is 2. The van der Waals surface area contributed by atoms with Crippen LogP contribution >= 0.6 is 0 Å². The lowest BCUT2D eigenvalue weighted by molar-refractivity contribution is 0.0502. The molecular weight excluding hydrogens is 223 g/mol. The van der Waals surface area contributed by atoms with E-state index in [1.165, 1.54) is 18.3 Å². The van der Waals surface area contributed by atoms with Crippen LogP contribution in [0.2, 0.25) is 0 Å². The van der Waals surface area contributed by atoms with Crippen LogP contribution in [0.4, 0.5) is 4.39 Å². The fraction of sp³-hybridized carbons (Fsp3) is 0.167. The smallest absolute Gasteiger partial charge is 0.356 e. The predicted molar refractivity (Wildman–Crippen MR) is 59.0 cm³/mol. The molecule has 0 saturated heterocycles. The van der Waals surface area contributed by atoms with Crippen molar-refractivity contribution < 1.29 is 13.9 Å². The number of nitrogens with one attached hydrogen (secondary N) is 1. The largest absolute Gasteiger partial charge is 0.461 e. The highest BCUT2D eigenvalue weighted by Gasteiger charge is 2.07. The number of H-pyrrole nitrogens is 1. The average molecular weight is 234 g/mol. The first kappa shape index (κ1) is 11.3. The zero-order chi connectivity index (χ0) is 12.1. The maximum Gasteiger partial charge on any atom is 0.356 e. The molecule has 17 heavy (non-hydrogen) atoms. The number of hydrogen-bond acceptors (Lipinski definition) is 3. The molecule has 1 heterocycles. The van der Waals surface area contributed by atoms with Crippen LogP contribution < -0.4 is 0 Å². The first-order valence-corrected chi connectivity index (χ1v) is 5.16. The second-order valence-electron chi connectivity index (χ2n) is 3.48. The van der Waals surface area contributed by atoms with Crippen molar-refractivity contribution in [3.63, 3.8) is 0 Å². The summed E-state index contributed by atoms with van der Waals surface area (Å²) in [5.74, 6) is -0.715. The van der Waals surface area contributed by atoms with E-state index in [0.717, 1.165) is 5.56 Å². The summed E-state index contributed by atoms with van der Waals surface area (Å²) in [5, 5.41) is 6.17. The zero-order valence-corrected chi connectivity index (χ0v) is 9.02. The van der Waals surface area contributed by atoms with Crippen molar-refractivity contribution in [1.29, 1.82) is 0 Å². The van der Waals surface area contributed by atoms with Crippen LogP contribution in [0.3, 0.4) is 0 Å². The Hall–Kier alpha value is -2.17. The minimum Gasteiger partial charge on any atom is -0.461 e. The van der Waals surface area contributed by atoms with Crippen LogP contribution in [0.25, 0.3) is 0 Å². The first-order chi connectivity index (χ1) is 8.25. The SMILES string of the molecule is O=C(OCCc1ccc(F)cc1)c1ccn[nH]1. The summed E-state index contributed by atoms with van der Waals surface area (Å²) < 4.78 is 17.6.